The second-order valence-electron chi connectivity index (χ2n) is 14.6. The van der Waals surface area contributed by atoms with Crippen molar-refractivity contribution in [2.45, 2.75) is 0 Å². The van der Waals surface area contributed by atoms with Crippen LogP contribution in [0.3, 0.4) is 0 Å². The Morgan fingerprint density at radius 2 is 0.931 bits per heavy atom. The maximum atomic E-state index is 6.81. The van der Waals surface area contributed by atoms with E-state index in [1.54, 1.807) is 0 Å². The van der Waals surface area contributed by atoms with Gasteiger partial charge in [-0.25, -0.2) is 9.97 Å². The number of hydrogen-bond acceptors (Lipinski definition) is 4. The minimum atomic E-state index is 0.645. The summed E-state index contributed by atoms with van der Waals surface area (Å²) in [6.07, 6.45) is 0. The maximum Gasteiger partial charge on any atom is 0.161 e. The van der Waals surface area contributed by atoms with Gasteiger partial charge in [-0.15, -0.1) is 0 Å². The number of hydrogen-bond donors (Lipinski definition) is 0. The number of benzene rings is 9. The lowest BCUT2D eigenvalue weighted by Crippen LogP contribution is -2.10. The maximum absolute atomic E-state index is 6.81. The highest BCUT2D eigenvalue weighted by Gasteiger charge is 2.23. The van der Waals surface area contributed by atoms with E-state index in [1.165, 1.54) is 16.3 Å². The van der Waals surface area contributed by atoms with Gasteiger partial charge in [-0.3, -0.25) is 0 Å². The van der Waals surface area contributed by atoms with E-state index in [1.807, 2.05) is 18.2 Å². The van der Waals surface area contributed by atoms with Crippen LogP contribution in [0.2, 0.25) is 0 Å². The third-order valence-corrected chi connectivity index (χ3v) is 11.1. The van der Waals surface area contributed by atoms with E-state index in [9.17, 15) is 0 Å². The molecule has 0 radical (unpaired) electrons. The summed E-state index contributed by atoms with van der Waals surface area (Å²) in [4.78, 5) is 12.9. The molecule has 4 heteroatoms. The number of rotatable bonds is 7. The highest BCUT2D eigenvalue weighted by atomic mass is 16.3. The lowest BCUT2D eigenvalue weighted by atomic mass is 9.97. The summed E-state index contributed by atoms with van der Waals surface area (Å²) in [6, 6.07) is 74.3. The molecule has 0 aliphatic heterocycles. The Balaban J connectivity index is 1.10. The molecule has 0 spiro atoms. The van der Waals surface area contributed by atoms with Gasteiger partial charge in [0.2, 0.25) is 0 Å². The number of para-hydroxylation sites is 2. The van der Waals surface area contributed by atoms with Crippen LogP contribution in [-0.4, -0.2) is 9.97 Å². The Morgan fingerprint density at radius 3 is 1.64 bits per heavy atom. The van der Waals surface area contributed by atoms with E-state index in [4.69, 9.17) is 14.4 Å². The third kappa shape index (κ3) is 5.87. The SMILES string of the molecule is c1ccc(-c2cc(-c3ccc(-c4ccc5ccccc5c4)cc3)nc(-c3cccc4oc5cc(N(c6ccccc6)c6ccccc6)c6ccccc6c5c34)n2)cc1. The first-order valence-electron chi connectivity index (χ1n) is 19.6. The predicted molar refractivity (Wildman–Crippen MR) is 241 cm³/mol. The zero-order valence-corrected chi connectivity index (χ0v) is 31.5. The zero-order chi connectivity index (χ0) is 38.4. The lowest BCUT2D eigenvalue weighted by Gasteiger charge is -2.27. The summed E-state index contributed by atoms with van der Waals surface area (Å²) < 4.78 is 6.81. The average Bonchev–Trinajstić information content (AvgIpc) is 3.69. The van der Waals surface area contributed by atoms with Crippen molar-refractivity contribution in [2.75, 3.05) is 4.90 Å². The van der Waals surface area contributed by atoms with Gasteiger partial charge in [-0.1, -0.05) is 164 Å². The molecule has 58 heavy (non-hydrogen) atoms. The Labute approximate surface area is 335 Å². The average molecular weight is 742 g/mol. The van der Waals surface area contributed by atoms with E-state index >= 15 is 0 Å². The van der Waals surface area contributed by atoms with Gasteiger partial charge in [-0.2, -0.15) is 0 Å². The summed E-state index contributed by atoms with van der Waals surface area (Å²) in [5, 5.41) is 6.72. The molecule has 9 aromatic carbocycles. The monoisotopic (exact) mass is 741 g/mol. The van der Waals surface area contributed by atoms with Crippen LogP contribution in [0.5, 0.6) is 0 Å². The fraction of sp³-hybridized carbons (Fsp3) is 0. The largest absolute Gasteiger partial charge is 0.456 e. The zero-order valence-electron chi connectivity index (χ0n) is 31.5. The predicted octanol–water partition coefficient (Wildman–Crippen LogP) is 14.8. The van der Waals surface area contributed by atoms with Crippen LogP contribution in [0.1, 0.15) is 0 Å². The van der Waals surface area contributed by atoms with E-state index in [-0.39, 0.29) is 0 Å². The Bertz CT molecular complexity index is 3230. The first-order valence-corrected chi connectivity index (χ1v) is 19.6. The molecule has 4 nitrogen and oxygen atoms in total. The highest BCUT2D eigenvalue weighted by molar-refractivity contribution is 6.25. The minimum absolute atomic E-state index is 0.645. The van der Waals surface area contributed by atoms with E-state index in [2.05, 4.69) is 199 Å². The molecule has 0 aliphatic rings. The van der Waals surface area contributed by atoms with Crippen molar-refractivity contribution >= 4 is 60.5 Å². The summed E-state index contributed by atoms with van der Waals surface area (Å²) in [5.74, 6) is 0.645. The Kier molecular flexibility index (Phi) is 8.11. The molecule has 272 valence electrons. The minimum Gasteiger partial charge on any atom is -0.456 e. The van der Waals surface area contributed by atoms with Crippen molar-refractivity contribution in [2.24, 2.45) is 0 Å². The van der Waals surface area contributed by atoms with Gasteiger partial charge in [0.15, 0.2) is 5.82 Å². The van der Waals surface area contributed by atoms with Crippen LogP contribution in [0.15, 0.2) is 217 Å². The molecule has 0 saturated heterocycles. The molecule has 0 aliphatic carbocycles. The first kappa shape index (κ1) is 33.5. The number of anilines is 3. The third-order valence-electron chi connectivity index (χ3n) is 11.1. The molecular formula is C54H35N3O. The molecule has 0 saturated carbocycles. The van der Waals surface area contributed by atoms with Crippen LogP contribution < -0.4 is 4.90 Å². The van der Waals surface area contributed by atoms with Gasteiger partial charge in [-0.05, 0) is 69.8 Å². The molecule has 11 rings (SSSR count). The van der Waals surface area contributed by atoms with E-state index in [0.29, 0.717) is 5.82 Å². The van der Waals surface area contributed by atoms with Crippen LogP contribution in [-0.2, 0) is 0 Å². The summed E-state index contributed by atoms with van der Waals surface area (Å²) in [5.41, 5.74) is 11.8. The number of aromatic nitrogens is 2. The number of nitrogens with zero attached hydrogens (tertiary/aromatic N) is 3. The molecule has 0 amide bonds. The van der Waals surface area contributed by atoms with Gasteiger partial charge in [0.05, 0.1) is 17.1 Å². The molecule has 11 aromatic rings. The van der Waals surface area contributed by atoms with Gasteiger partial charge in [0.1, 0.15) is 11.2 Å². The van der Waals surface area contributed by atoms with Gasteiger partial charge in [0.25, 0.3) is 0 Å². The molecule has 0 bridgehead atoms. The normalized spacial score (nSPS) is 11.4. The van der Waals surface area contributed by atoms with Crippen molar-refractivity contribution in [3.05, 3.63) is 212 Å². The van der Waals surface area contributed by atoms with Crippen molar-refractivity contribution < 1.29 is 4.42 Å². The van der Waals surface area contributed by atoms with E-state index in [0.717, 1.165) is 83.4 Å². The topological polar surface area (TPSA) is 42.2 Å². The van der Waals surface area contributed by atoms with Gasteiger partial charge >= 0.3 is 0 Å². The molecular weight excluding hydrogens is 707 g/mol. The molecule has 0 N–H and O–H groups in total. The smallest absolute Gasteiger partial charge is 0.161 e. The van der Waals surface area contributed by atoms with Gasteiger partial charge < -0.3 is 9.32 Å². The second-order valence-corrected chi connectivity index (χ2v) is 14.6. The van der Waals surface area contributed by atoms with E-state index < -0.39 is 0 Å². The fourth-order valence-electron chi connectivity index (χ4n) is 8.29. The molecule has 2 heterocycles. The van der Waals surface area contributed by atoms with Crippen LogP contribution >= 0.6 is 0 Å². The molecule has 0 atom stereocenters. The van der Waals surface area contributed by atoms with Gasteiger partial charge in [0, 0.05) is 50.3 Å². The van der Waals surface area contributed by atoms with Crippen molar-refractivity contribution in [1.29, 1.82) is 0 Å². The van der Waals surface area contributed by atoms with Crippen LogP contribution in [0.25, 0.3) is 88.5 Å². The number of furan rings is 1. The molecule has 0 fully saturated rings. The van der Waals surface area contributed by atoms with Crippen molar-refractivity contribution in [3.8, 4) is 45.0 Å². The Hall–Kier alpha value is -7.82. The summed E-state index contributed by atoms with van der Waals surface area (Å²) in [7, 11) is 0. The second kappa shape index (κ2) is 14.0. The molecule has 2 aromatic heterocycles. The Morgan fingerprint density at radius 1 is 0.362 bits per heavy atom. The van der Waals surface area contributed by atoms with Crippen LogP contribution in [0, 0.1) is 0 Å². The standard InChI is InChI=1S/C54H35N3O/c1-4-16-38(17-5-1)47-34-48(39-30-27-37(28-31-39)41-32-29-36-15-10-11-18-40(36)33-41)56-54(55-47)46-25-14-26-50-53(46)52-45-24-13-12-23-44(45)49(35-51(52)58-50)57(42-19-6-2-7-20-42)43-21-8-3-9-22-43/h1-35H. The summed E-state index contributed by atoms with van der Waals surface area (Å²) in [6.45, 7) is 0. The summed E-state index contributed by atoms with van der Waals surface area (Å²) >= 11 is 0. The van der Waals surface area contributed by atoms with Crippen LogP contribution in [0.4, 0.5) is 17.1 Å². The van der Waals surface area contributed by atoms with Crippen molar-refractivity contribution in [1.82, 2.24) is 9.97 Å². The molecule has 0 unspecified atom stereocenters. The van der Waals surface area contributed by atoms with Crippen molar-refractivity contribution in [3.63, 3.8) is 0 Å². The highest BCUT2D eigenvalue weighted by Crippen LogP contribution is 2.46. The first-order chi connectivity index (χ1) is 28.7. The fourth-order valence-corrected chi connectivity index (χ4v) is 8.29. The lowest BCUT2D eigenvalue weighted by molar-refractivity contribution is 0.669. The quantitative estimate of drug-likeness (QED) is 0.163. The number of fused-ring (bicyclic) bond motifs is 6.